The predicted molar refractivity (Wildman–Crippen MR) is 93.3 cm³/mol. The second-order valence-corrected chi connectivity index (χ2v) is 6.13. The van der Waals surface area contributed by atoms with E-state index in [0.29, 0.717) is 18.0 Å². The van der Waals surface area contributed by atoms with Crippen molar-refractivity contribution in [2.75, 3.05) is 13.7 Å². The highest BCUT2D eigenvalue weighted by molar-refractivity contribution is 5.87. The summed E-state index contributed by atoms with van der Waals surface area (Å²) >= 11 is 0. The summed E-state index contributed by atoms with van der Waals surface area (Å²) in [5.74, 6) is 0.307. The molecule has 2 aromatic carbocycles. The molecule has 0 bridgehead atoms. The van der Waals surface area contributed by atoms with Crippen LogP contribution in [-0.4, -0.2) is 30.4 Å². The number of carbonyl (C=O) groups is 2. The largest absolute Gasteiger partial charge is 0.497 e. The summed E-state index contributed by atoms with van der Waals surface area (Å²) < 4.78 is 10.5. The summed E-state index contributed by atoms with van der Waals surface area (Å²) in [5.41, 5.74) is 1.06. The van der Waals surface area contributed by atoms with Crippen LogP contribution in [0.15, 0.2) is 54.6 Å². The molecule has 1 fully saturated rings. The number of hydrogen-bond donors (Lipinski definition) is 0. The number of likely N-dealkylation sites (tertiary alicyclic amines) is 1. The molecular weight excluding hydrogens is 318 g/mol. The minimum atomic E-state index is -0.444. The van der Waals surface area contributed by atoms with Gasteiger partial charge in [0.1, 0.15) is 11.5 Å². The van der Waals surface area contributed by atoms with Crippen molar-refractivity contribution in [3.05, 3.63) is 60.2 Å². The van der Waals surface area contributed by atoms with Crippen LogP contribution in [0, 0.1) is 5.92 Å². The van der Waals surface area contributed by atoms with Crippen LogP contribution >= 0.6 is 0 Å². The highest BCUT2D eigenvalue weighted by Gasteiger charge is 2.38. The van der Waals surface area contributed by atoms with Crippen LogP contribution in [0.25, 0.3) is 0 Å². The molecule has 25 heavy (non-hydrogen) atoms. The first-order valence-electron chi connectivity index (χ1n) is 8.28. The van der Waals surface area contributed by atoms with Crippen LogP contribution in [0.5, 0.6) is 11.5 Å². The number of rotatable bonds is 5. The molecule has 0 spiro atoms. The van der Waals surface area contributed by atoms with E-state index in [1.807, 2.05) is 37.3 Å². The van der Waals surface area contributed by atoms with Gasteiger partial charge < -0.3 is 14.4 Å². The average molecular weight is 339 g/mol. The molecule has 1 aliphatic heterocycles. The lowest BCUT2D eigenvalue weighted by Crippen LogP contribution is -2.30. The van der Waals surface area contributed by atoms with Crippen molar-refractivity contribution in [2.45, 2.75) is 19.4 Å². The molecule has 1 amide bonds. The Morgan fingerprint density at radius 1 is 1.08 bits per heavy atom. The average Bonchev–Trinajstić information content (AvgIpc) is 3.04. The molecule has 0 aliphatic carbocycles. The fourth-order valence-corrected chi connectivity index (χ4v) is 3.02. The fourth-order valence-electron chi connectivity index (χ4n) is 3.02. The second-order valence-electron chi connectivity index (χ2n) is 6.13. The van der Waals surface area contributed by atoms with Gasteiger partial charge in [0.15, 0.2) is 0 Å². The fraction of sp³-hybridized carbons (Fsp3) is 0.300. The lowest BCUT2D eigenvalue weighted by atomic mass is 10.1. The van der Waals surface area contributed by atoms with Gasteiger partial charge in [0.2, 0.25) is 5.91 Å². The van der Waals surface area contributed by atoms with Gasteiger partial charge in [-0.3, -0.25) is 9.59 Å². The number of benzene rings is 2. The van der Waals surface area contributed by atoms with E-state index >= 15 is 0 Å². The van der Waals surface area contributed by atoms with E-state index in [1.54, 1.807) is 36.3 Å². The third-order valence-corrected chi connectivity index (χ3v) is 4.52. The molecule has 0 aromatic heterocycles. The van der Waals surface area contributed by atoms with Crippen LogP contribution in [0.4, 0.5) is 0 Å². The molecule has 5 heteroatoms. The third-order valence-electron chi connectivity index (χ3n) is 4.52. The molecule has 1 saturated heterocycles. The molecule has 0 N–H and O–H groups in total. The van der Waals surface area contributed by atoms with Crippen LogP contribution < -0.4 is 9.47 Å². The van der Waals surface area contributed by atoms with E-state index in [-0.39, 0.29) is 24.3 Å². The Bertz CT molecular complexity index is 742. The summed E-state index contributed by atoms with van der Waals surface area (Å²) in [4.78, 5) is 26.5. The molecule has 2 atom stereocenters. The zero-order valence-electron chi connectivity index (χ0n) is 14.3. The zero-order valence-corrected chi connectivity index (χ0v) is 14.3. The predicted octanol–water partition coefficient (Wildman–Crippen LogP) is 3.21. The number of methoxy groups -OCH3 is 1. The van der Waals surface area contributed by atoms with Crippen LogP contribution in [0.1, 0.15) is 24.9 Å². The summed E-state index contributed by atoms with van der Waals surface area (Å²) in [5, 5.41) is 0. The maximum atomic E-state index is 12.4. The highest BCUT2D eigenvalue weighted by atomic mass is 16.5. The normalized spacial score (nSPS) is 18.1. The van der Waals surface area contributed by atoms with E-state index < -0.39 is 5.92 Å². The van der Waals surface area contributed by atoms with E-state index in [1.165, 1.54) is 0 Å². The summed E-state index contributed by atoms with van der Waals surface area (Å²) in [6.07, 6.45) is 0.187. The minimum absolute atomic E-state index is 0.0203. The maximum absolute atomic E-state index is 12.4. The number of ether oxygens (including phenoxy) is 2. The molecule has 0 radical (unpaired) electrons. The lowest BCUT2D eigenvalue weighted by molar-refractivity contribution is -0.139. The Kier molecular flexibility index (Phi) is 5.03. The first kappa shape index (κ1) is 17.0. The minimum Gasteiger partial charge on any atom is -0.497 e. The number of nitrogens with zero attached hydrogens (tertiary/aromatic N) is 1. The van der Waals surface area contributed by atoms with E-state index in [9.17, 15) is 9.59 Å². The smallest absolute Gasteiger partial charge is 0.316 e. The maximum Gasteiger partial charge on any atom is 0.316 e. The lowest BCUT2D eigenvalue weighted by Gasteiger charge is -2.25. The van der Waals surface area contributed by atoms with Crippen molar-refractivity contribution in [1.29, 1.82) is 0 Å². The van der Waals surface area contributed by atoms with Crippen LogP contribution in [0.2, 0.25) is 0 Å². The first-order valence-corrected chi connectivity index (χ1v) is 8.28. The molecule has 130 valence electrons. The van der Waals surface area contributed by atoms with Gasteiger partial charge in [-0.25, -0.2) is 0 Å². The van der Waals surface area contributed by atoms with Gasteiger partial charge in [-0.05, 0) is 36.8 Å². The summed E-state index contributed by atoms with van der Waals surface area (Å²) in [7, 11) is 1.58. The first-order chi connectivity index (χ1) is 12.1. The van der Waals surface area contributed by atoms with E-state index in [2.05, 4.69) is 0 Å². The molecule has 0 unspecified atom stereocenters. The van der Waals surface area contributed by atoms with Gasteiger partial charge in [0.05, 0.1) is 19.1 Å². The monoisotopic (exact) mass is 339 g/mol. The Labute approximate surface area is 147 Å². The molecule has 3 rings (SSSR count). The van der Waals surface area contributed by atoms with Gasteiger partial charge in [0.25, 0.3) is 0 Å². The molecule has 0 saturated carbocycles. The number of hydrogen-bond acceptors (Lipinski definition) is 4. The molecule has 2 aromatic rings. The quantitative estimate of drug-likeness (QED) is 0.620. The van der Waals surface area contributed by atoms with E-state index in [4.69, 9.17) is 9.47 Å². The third kappa shape index (κ3) is 3.82. The molecule has 1 aliphatic rings. The number of esters is 1. The number of amides is 1. The number of carbonyl (C=O) groups excluding carboxylic acids is 2. The van der Waals surface area contributed by atoms with Crippen LogP contribution in [0.3, 0.4) is 0 Å². The SMILES string of the molecule is COc1ccc(OC(=O)[C@@H]2CC(=O)N([C@H](C)c3ccccc3)C2)cc1. The van der Waals surface area contributed by atoms with Gasteiger partial charge in [-0.1, -0.05) is 30.3 Å². The Balaban J connectivity index is 1.64. The Morgan fingerprint density at radius 3 is 2.36 bits per heavy atom. The Hall–Kier alpha value is -2.82. The second kappa shape index (κ2) is 7.38. The van der Waals surface area contributed by atoms with Crippen molar-refractivity contribution in [2.24, 2.45) is 5.92 Å². The van der Waals surface area contributed by atoms with Gasteiger partial charge in [0, 0.05) is 13.0 Å². The van der Waals surface area contributed by atoms with Crippen molar-refractivity contribution in [3.63, 3.8) is 0 Å². The van der Waals surface area contributed by atoms with Gasteiger partial charge >= 0.3 is 5.97 Å². The van der Waals surface area contributed by atoms with Crippen molar-refractivity contribution >= 4 is 11.9 Å². The standard InChI is InChI=1S/C20H21NO4/c1-14(15-6-4-3-5-7-15)21-13-16(12-19(21)22)20(23)25-18-10-8-17(24-2)9-11-18/h3-11,14,16H,12-13H2,1-2H3/t14-,16-/m1/s1. The van der Waals surface area contributed by atoms with Crippen molar-refractivity contribution in [3.8, 4) is 11.5 Å². The van der Waals surface area contributed by atoms with Crippen LogP contribution in [-0.2, 0) is 9.59 Å². The zero-order chi connectivity index (χ0) is 17.8. The van der Waals surface area contributed by atoms with Gasteiger partial charge in [-0.2, -0.15) is 0 Å². The molecule has 1 heterocycles. The topological polar surface area (TPSA) is 55.8 Å². The van der Waals surface area contributed by atoms with Gasteiger partial charge in [-0.15, -0.1) is 0 Å². The molecular formula is C20H21NO4. The summed E-state index contributed by atoms with van der Waals surface area (Å²) in [6.45, 7) is 2.36. The van der Waals surface area contributed by atoms with Crippen molar-refractivity contribution in [1.82, 2.24) is 4.90 Å². The van der Waals surface area contributed by atoms with Crippen molar-refractivity contribution < 1.29 is 19.1 Å². The van der Waals surface area contributed by atoms with E-state index in [0.717, 1.165) is 5.56 Å². The Morgan fingerprint density at radius 2 is 1.72 bits per heavy atom. The highest BCUT2D eigenvalue weighted by Crippen LogP contribution is 2.29. The summed E-state index contributed by atoms with van der Waals surface area (Å²) in [6, 6.07) is 16.6. The molecule has 5 nitrogen and oxygen atoms in total.